The van der Waals surface area contributed by atoms with Gasteiger partial charge in [0.15, 0.2) is 0 Å². The van der Waals surface area contributed by atoms with Crippen molar-refractivity contribution in [2.75, 3.05) is 19.3 Å². The summed E-state index contributed by atoms with van der Waals surface area (Å²) in [6.45, 7) is 1.07. The molecule has 0 aliphatic carbocycles. The van der Waals surface area contributed by atoms with Crippen LogP contribution in [0, 0.1) is 0 Å². The summed E-state index contributed by atoms with van der Waals surface area (Å²) in [7, 11) is -1.34. The van der Waals surface area contributed by atoms with Crippen molar-refractivity contribution in [3.05, 3.63) is 20.8 Å². The average Bonchev–Trinajstić information content (AvgIpc) is 2.62. The summed E-state index contributed by atoms with van der Waals surface area (Å²) < 4.78 is 26.7. The smallest absolute Gasteiger partial charge is 0.211 e. The molecule has 0 bridgehead atoms. The van der Waals surface area contributed by atoms with E-state index in [2.05, 4.69) is 26.0 Å². The van der Waals surface area contributed by atoms with Gasteiger partial charge < -0.3 is 5.32 Å². The predicted octanol–water partition coefficient (Wildman–Crippen LogP) is 1.54. The van der Waals surface area contributed by atoms with E-state index in [9.17, 15) is 8.42 Å². The minimum absolute atomic E-state index is 0.164. The fraction of sp³-hybridized carbons (Fsp3) is 0.556. The molecule has 0 saturated carbocycles. The Balaban J connectivity index is 2.39. The molecule has 0 unspecified atom stereocenters. The van der Waals surface area contributed by atoms with E-state index in [4.69, 9.17) is 0 Å². The molecule has 1 rings (SSSR count). The number of hydrogen-bond donors (Lipinski definition) is 2. The molecule has 1 heterocycles. The molecule has 16 heavy (non-hydrogen) atoms. The molecule has 4 nitrogen and oxygen atoms in total. The SMILES string of the molecule is CNCCCS(=O)(=O)NCc1sccc1Br. The van der Waals surface area contributed by atoms with Crippen molar-refractivity contribution in [1.29, 1.82) is 0 Å². The van der Waals surface area contributed by atoms with Crippen LogP contribution in [-0.2, 0) is 16.6 Å². The molecule has 0 saturated heterocycles. The maximum absolute atomic E-state index is 11.6. The minimum atomic E-state index is -3.15. The normalized spacial score (nSPS) is 11.9. The number of sulfonamides is 1. The van der Waals surface area contributed by atoms with Crippen LogP contribution in [0.4, 0.5) is 0 Å². The summed E-state index contributed by atoms with van der Waals surface area (Å²) >= 11 is 4.90. The highest BCUT2D eigenvalue weighted by molar-refractivity contribution is 9.10. The van der Waals surface area contributed by atoms with E-state index in [1.165, 1.54) is 11.3 Å². The van der Waals surface area contributed by atoms with Gasteiger partial charge in [-0.05, 0) is 47.4 Å². The van der Waals surface area contributed by atoms with Crippen molar-refractivity contribution < 1.29 is 8.42 Å². The van der Waals surface area contributed by atoms with Crippen molar-refractivity contribution in [3.63, 3.8) is 0 Å². The molecule has 0 spiro atoms. The fourth-order valence-corrected chi connectivity index (χ4v) is 3.69. The summed E-state index contributed by atoms with van der Waals surface area (Å²) in [6, 6.07) is 1.91. The highest BCUT2D eigenvalue weighted by Gasteiger charge is 2.10. The zero-order valence-electron chi connectivity index (χ0n) is 8.99. The third-order valence-electron chi connectivity index (χ3n) is 1.98. The molecule has 92 valence electrons. The van der Waals surface area contributed by atoms with Crippen LogP contribution in [0.15, 0.2) is 15.9 Å². The first kappa shape index (κ1) is 14.1. The Kier molecular flexibility index (Phi) is 5.91. The Morgan fingerprint density at radius 1 is 1.50 bits per heavy atom. The van der Waals surface area contributed by atoms with E-state index < -0.39 is 10.0 Å². The third-order valence-corrected chi connectivity index (χ3v) is 5.32. The van der Waals surface area contributed by atoms with Gasteiger partial charge in [-0.1, -0.05) is 0 Å². The molecule has 2 N–H and O–H groups in total. The van der Waals surface area contributed by atoms with Gasteiger partial charge in [0.05, 0.1) is 5.75 Å². The largest absolute Gasteiger partial charge is 0.320 e. The molecular weight excluding hydrogens is 312 g/mol. The van der Waals surface area contributed by atoms with Gasteiger partial charge in [-0.3, -0.25) is 0 Å². The lowest BCUT2D eigenvalue weighted by Gasteiger charge is -2.05. The van der Waals surface area contributed by atoms with Crippen LogP contribution in [-0.4, -0.2) is 27.8 Å². The Morgan fingerprint density at radius 3 is 2.81 bits per heavy atom. The van der Waals surface area contributed by atoms with E-state index in [0.717, 1.165) is 9.35 Å². The molecule has 1 aromatic heterocycles. The standard InChI is InChI=1S/C9H15BrN2O2S2/c1-11-4-2-6-16(13,14)12-7-9-8(10)3-5-15-9/h3,5,11-12H,2,4,6-7H2,1H3. The van der Waals surface area contributed by atoms with E-state index in [1.807, 2.05) is 18.5 Å². The molecule has 0 atom stereocenters. The first-order valence-electron chi connectivity index (χ1n) is 4.89. The van der Waals surface area contributed by atoms with Crippen LogP contribution < -0.4 is 10.0 Å². The van der Waals surface area contributed by atoms with Gasteiger partial charge in [-0.2, -0.15) is 0 Å². The average molecular weight is 327 g/mol. The molecule has 0 aliphatic heterocycles. The van der Waals surface area contributed by atoms with Crippen LogP contribution in [0.2, 0.25) is 0 Å². The molecule has 7 heteroatoms. The minimum Gasteiger partial charge on any atom is -0.320 e. The quantitative estimate of drug-likeness (QED) is 0.747. The zero-order valence-corrected chi connectivity index (χ0v) is 12.2. The second kappa shape index (κ2) is 6.70. The third kappa shape index (κ3) is 4.92. The molecule has 0 fully saturated rings. The van der Waals surface area contributed by atoms with Gasteiger partial charge in [-0.15, -0.1) is 11.3 Å². The highest BCUT2D eigenvalue weighted by atomic mass is 79.9. The summed E-state index contributed by atoms with van der Waals surface area (Å²) in [5.41, 5.74) is 0. The number of rotatable bonds is 7. The van der Waals surface area contributed by atoms with Gasteiger partial charge in [0.1, 0.15) is 0 Å². The van der Waals surface area contributed by atoms with Gasteiger partial charge in [-0.25, -0.2) is 13.1 Å². The summed E-state index contributed by atoms with van der Waals surface area (Å²) in [5, 5.41) is 4.85. The Labute approximate surface area is 109 Å². The van der Waals surface area contributed by atoms with E-state index >= 15 is 0 Å². The molecule has 0 aromatic carbocycles. The van der Waals surface area contributed by atoms with Crippen molar-refractivity contribution in [2.24, 2.45) is 0 Å². The summed E-state index contributed by atoms with van der Waals surface area (Å²) in [5.74, 6) is 0.164. The van der Waals surface area contributed by atoms with Gasteiger partial charge in [0.25, 0.3) is 0 Å². The van der Waals surface area contributed by atoms with E-state index in [1.54, 1.807) is 0 Å². The van der Waals surface area contributed by atoms with Crippen LogP contribution in [0.25, 0.3) is 0 Å². The van der Waals surface area contributed by atoms with Gasteiger partial charge in [0.2, 0.25) is 10.0 Å². The lowest BCUT2D eigenvalue weighted by atomic mass is 10.5. The number of thiophene rings is 1. The molecule has 0 amide bonds. The summed E-state index contributed by atoms with van der Waals surface area (Å²) in [6.07, 6.45) is 0.622. The van der Waals surface area contributed by atoms with Gasteiger partial charge >= 0.3 is 0 Å². The van der Waals surface area contributed by atoms with Crippen LogP contribution >= 0.6 is 27.3 Å². The second-order valence-corrected chi connectivity index (χ2v) is 7.07. The Hall–Kier alpha value is 0.0500. The van der Waals surface area contributed by atoms with Crippen molar-refractivity contribution in [2.45, 2.75) is 13.0 Å². The maximum atomic E-state index is 11.6. The maximum Gasteiger partial charge on any atom is 0.211 e. The van der Waals surface area contributed by atoms with Crippen molar-refractivity contribution in [1.82, 2.24) is 10.0 Å². The summed E-state index contributed by atoms with van der Waals surface area (Å²) in [4.78, 5) is 0.997. The first-order chi connectivity index (χ1) is 7.55. The number of halogens is 1. The lowest BCUT2D eigenvalue weighted by molar-refractivity contribution is 0.577. The molecule has 0 radical (unpaired) electrons. The number of nitrogens with one attached hydrogen (secondary N) is 2. The lowest BCUT2D eigenvalue weighted by Crippen LogP contribution is -2.27. The molecule has 0 aliphatic rings. The fourth-order valence-electron chi connectivity index (χ4n) is 1.14. The highest BCUT2D eigenvalue weighted by Crippen LogP contribution is 2.22. The first-order valence-corrected chi connectivity index (χ1v) is 8.21. The predicted molar refractivity (Wildman–Crippen MR) is 71.2 cm³/mol. The number of hydrogen-bond acceptors (Lipinski definition) is 4. The second-order valence-electron chi connectivity index (χ2n) is 3.29. The van der Waals surface area contributed by atoms with E-state index in [0.29, 0.717) is 19.5 Å². The van der Waals surface area contributed by atoms with Crippen molar-refractivity contribution >= 4 is 37.3 Å². The van der Waals surface area contributed by atoms with Crippen LogP contribution in [0.3, 0.4) is 0 Å². The van der Waals surface area contributed by atoms with Gasteiger partial charge in [0, 0.05) is 15.9 Å². The zero-order chi connectivity index (χ0) is 12.0. The topological polar surface area (TPSA) is 58.2 Å². The molecular formula is C9H15BrN2O2S2. The molecule has 1 aromatic rings. The van der Waals surface area contributed by atoms with Crippen LogP contribution in [0.5, 0.6) is 0 Å². The Bertz CT molecular complexity index is 417. The Morgan fingerprint density at radius 2 is 2.25 bits per heavy atom. The van der Waals surface area contributed by atoms with Crippen molar-refractivity contribution in [3.8, 4) is 0 Å². The van der Waals surface area contributed by atoms with E-state index in [-0.39, 0.29) is 5.75 Å². The van der Waals surface area contributed by atoms with Crippen LogP contribution in [0.1, 0.15) is 11.3 Å². The monoisotopic (exact) mass is 326 g/mol.